The van der Waals surface area contributed by atoms with E-state index in [2.05, 4.69) is 48.2 Å². The lowest BCUT2D eigenvalue weighted by Gasteiger charge is -2.11. The van der Waals surface area contributed by atoms with Gasteiger partial charge in [0.1, 0.15) is 0 Å². The van der Waals surface area contributed by atoms with Crippen LogP contribution in [-0.2, 0) is 16.4 Å². The molecule has 0 saturated carbocycles. The Balaban J connectivity index is 1.87. The summed E-state index contributed by atoms with van der Waals surface area (Å²) in [5.41, 5.74) is 4.21. The summed E-state index contributed by atoms with van der Waals surface area (Å²) in [5.74, 6) is 0.316. The van der Waals surface area contributed by atoms with E-state index in [9.17, 15) is 13.2 Å². The van der Waals surface area contributed by atoms with E-state index >= 15 is 0 Å². The molecule has 2 aromatic carbocycles. The van der Waals surface area contributed by atoms with Crippen molar-refractivity contribution < 1.29 is 13.2 Å². The molecule has 0 fully saturated rings. The van der Waals surface area contributed by atoms with Crippen LogP contribution in [-0.4, -0.2) is 27.1 Å². The van der Waals surface area contributed by atoms with Gasteiger partial charge in [-0.15, -0.1) is 0 Å². The van der Waals surface area contributed by atoms with Crippen LogP contribution in [0.25, 0.3) is 0 Å². The molecular formula is C21H28N2O3S. The molecule has 2 aromatic rings. The number of nitrogens with one attached hydrogen (secondary N) is 2. The third kappa shape index (κ3) is 6.71. The van der Waals surface area contributed by atoms with Crippen molar-refractivity contribution >= 4 is 21.6 Å². The molecule has 146 valence electrons. The van der Waals surface area contributed by atoms with Crippen molar-refractivity contribution in [3.8, 4) is 0 Å². The second-order valence-corrected chi connectivity index (χ2v) is 8.91. The largest absolute Gasteiger partial charge is 0.352 e. The third-order valence-electron chi connectivity index (χ3n) is 4.37. The molecule has 0 aliphatic rings. The van der Waals surface area contributed by atoms with Gasteiger partial charge in [0.05, 0.1) is 11.9 Å². The summed E-state index contributed by atoms with van der Waals surface area (Å²) < 4.78 is 25.3. The minimum Gasteiger partial charge on any atom is -0.352 e. The van der Waals surface area contributed by atoms with Crippen LogP contribution < -0.4 is 10.0 Å². The SMILES string of the molecule is Cc1ccc(C(=O)NCCCc2ccc(C(C)C)cc2)cc1NS(C)(=O)=O. The highest BCUT2D eigenvalue weighted by molar-refractivity contribution is 7.92. The molecule has 0 aliphatic carbocycles. The fourth-order valence-electron chi connectivity index (χ4n) is 2.74. The van der Waals surface area contributed by atoms with Crippen LogP contribution in [0.2, 0.25) is 0 Å². The number of rotatable bonds is 8. The Kier molecular flexibility index (Phi) is 7.02. The van der Waals surface area contributed by atoms with E-state index in [0.29, 0.717) is 23.7 Å². The number of carbonyl (C=O) groups excluding carboxylic acids is 1. The summed E-state index contributed by atoms with van der Waals surface area (Å²) in [6.07, 6.45) is 2.83. The van der Waals surface area contributed by atoms with Crippen molar-refractivity contribution in [1.82, 2.24) is 5.32 Å². The second kappa shape index (κ2) is 9.04. The molecule has 0 spiro atoms. The van der Waals surface area contributed by atoms with Gasteiger partial charge in [-0.3, -0.25) is 9.52 Å². The summed E-state index contributed by atoms with van der Waals surface area (Å²) >= 11 is 0. The molecule has 1 amide bonds. The first-order chi connectivity index (χ1) is 12.7. The van der Waals surface area contributed by atoms with Crippen molar-refractivity contribution in [2.24, 2.45) is 0 Å². The fourth-order valence-corrected chi connectivity index (χ4v) is 3.36. The van der Waals surface area contributed by atoms with E-state index in [1.54, 1.807) is 25.1 Å². The molecule has 0 aromatic heterocycles. The van der Waals surface area contributed by atoms with E-state index in [4.69, 9.17) is 0 Å². The van der Waals surface area contributed by atoms with Gasteiger partial charge in [0.2, 0.25) is 10.0 Å². The normalized spacial score (nSPS) is 11.4. The van der Waals surface area contributed by atoms with Crippen molar-refractivity contribution in [3.63, 3.8) is 0 Å². The lowest BCUT2D eigenvalue weighted by atomic mass is 10.0. The van der Waals surface area contributed by atoms with E-state index < -0.39 is 10.0 Å². The molecule has 6 heteroatoms. The quantitative estimate of drug-likeness (QED) is 0.675. The predicted molar refractivity (Wildman–Crippen MR) is 111 cm³/mol. The Labute approximate surface area is 162 Å². The van der Waals surface area contributed by atoms with Crippen LogP contribution in [0.1, 0.15) is 53.2 Å². The van der Waals surface area contributed by atoms with E-state index in [0.717, 1.165) is 24.7 Å². The van der Waals surface area contributed by atoms with Gasteiger partial charge in [-0.1, -0.05) is 44.2 Å². The predicted octanol–water partition coefficient (Wildman–Crippen LogP) is 3.85. The molecule has 0 aliphatic heterocycles. The number of hydrogen-bond donors (Lipinski definition) is 2. The lowest BCUT2D eigenvalue weighted by Crippen LogP contribution is -2.25. The summed E-state index contributed by atoms with van der Waals surface area (Å²) in [6, 6.07) is 13.6. The Morgan fingerprint density at radius 3 is 2.33 bits per heavy atom. The Morgan fingerprint density at radius 2 is 1.74 bits per heavy atom. The highest BCUT2D eigenvalue weighted by Gasteiger charge is 2.10. The van der Waals surface area contributed by atoms with Gasteiger partial charge in [-0.05, 0) is 54.5 Å². The number of sulfonamides is 1. The van der Waals surface area contributed by atoms with Crippen molar-refractivity contribution in [2.45, 2.75) is 39.5 Å². The van der Waals surface area contributed by atoms with Gasteiger partial charge in [0.15, 0.2) is 0 Å². The Hall–Kier alpha value is -2.34. The molecule has 5 nitrogen and oxygen atoms in total. The van der Waals surface area contributed by atoms with Crippen molar-refractivity contribution in [3.05, 3.63) is 64.7 Å². The summed E-state index contributed by atoms with van der Waals surface area (Å²) in [4.78, 5) is 12.3. The third-order valence-corrected chi connectivity index (χ3v) is 4.96. The standard InChI is InChI=1S/C21H28N2O3S/c1-15(2)18-11-8-17(9-12-18)6-5-13-22-21(24)19-10-7-16(3)20(14-19)23-27(4,25)26/h7-12,14-15,23H,5-6,13H2,1-4H3,(H,22,24). The smallest absolute Gasteiger partial charge is 0.251 e. The lowest BCUT2D eigenvalue weighted by molar-refractivity contribution is 0.0953. The van der Waals surface area contributed by atoms with Crippen LogP contribution in [0.5, 0.6) is 0 Å². The monoisotopic (exact) mass is 388 g/mol. The molecule has 2 N–H and O–H groups in total. The molecule has 0 radical (unpaired) electrons. The Bertz CT molecular complexity index is 888. The first-order valence-electron chi connectivity index (χ1n) is 9.11. The second-order valence-electron chi connectivity index (χ2n) is 7.16. The van der Waals surface area contributed by atoms with Crippen LogP contribution in [0, 0.1) is 6.92 Å². The number of aryl methyl sites for hydroxylation is 2. The molecule has 0 bridgehead atoms. The maximum Gasteiger partial charge on any atom is 0.251 e. The van der Waals surface area contributed by atoms with Crippen molar-refractivity contribution in [1.29, 1.82) is 0 Å². The molecular weight excluding hydrogens is 360 g/mol. The maximum atomic E-state index is 12.3. The minimum absolute atomic E-state index is 0.207. The van der Waals surface area contributed by atoms with Crippen LogP contribution in [0.4, 0.5) is 5.69 Å². The van der Waals surface area contributed by atoms with Gasteiger partial charge in [-0.2, -0.15) is 0 Å². The zero-order chi connectivity index (χ0) is 20.0. The van der Waals surface area contributed by atoms with E-state index in [1.807, 2.05) is 0 Å². The highest BCUT2D eigenvalue weighted by atomic mass is 32.2. The molecule has 0 saturated heterocycles. The number of anilines is 1. The van der Waals surface area contributed by atoms with E-state index in [1.165, 1.54) is 11.1 Å². The number of carbonyl (C=O) groups is 1. The number of hydrogen-bond acceptors (Lipinski definition) is 3. The molecule has 27 heavy (non-hydrogen) atoms. The van der Waals surface area contributed by atoms with Gasteiger partial charge >= 0.3 is 0 Å². The zero-order valence-electron chi connectivity index (χ0n) is 16.4. The van der Waals surface area contributed by atoms with Crippen LogP contribution >= 0.6 is 0 Å². The van der Waals surface area contributed by atoms with Crippen LogP contribution in [0.3, 0.4) is 0 Å². The first-order valence-corrected chi connectivity index (χ1v) is 11.0. The molecule has 0 atom stereocenters. The number of benzene rings is 2. The van der Waals surface area contributed by atoms with Gasteiger partial charge in [0.25, 0.3) is 5.91 Å². The van der Waals surface area contributed by atoms with E-state index in [-0.39, 0.29) is 5.91 Å². The zero-order valence-corrected chi connectivity index (χ0v) is 17.2. The molecule has 2 rings (SSSR count). The molecule has 0 unspecified atom stereocenters. The first kappa shape index (κ1) is 21.0. The number of amides is 1. The van der Waals surface area contributed by atoms with Crippen molar-refractivity contribution in [2.75, 3.05) is 17.5 Å². The van der Waals surface area contributed by atoms with Gasteiger partial charge in [-0.25, -0.2) is 8.42 Å². The average molecular weight is 389 g/mol. The highest BCUT2D eigenvalue weighted by Crippen LogP contribution is 2.18. The summed E-state index contributed by atoms with van der Waals surface area (Å²) in [7, 11) is -3.38. The van der Waals surface area contributed by atoms with Gasteiger partial charge < -0.3 is 5.32 Å². The summed E-state index contributed by atoms with van der Waals surface area (Å²) in [6.45, 7) is 6.70. The Morgan fingerprint density at radius 1 is 1.07 bits per heavy atom. The maximum absolute atomic E-state index is 12.3. The fraction of sp³-hybridized carbons (Fsp3) is 0.381. The molecule has 0 heterocycles. The average Bonchev–Trinajstić information content (AvgIpc) is 2.59. The van der Waals surface area contributed by atoms with Gasteiger partial charge in [0, 0.05) is 12.1 Å². The topological polar surface area (TPSA) is 75.3 Å². The summed E-state index contributed by atoms with van der Waals surface area (Å²) in [5, 5.41) is 2.89. The van der Waals surface area contributed by atoms with Crippen LogP contribution in [0.15, 0.2) is 42.5 Å². The minimum atomic E-state index is -3.38.